The molecule has 0 heterocycles. The lowest BCUT2D eigenvalue weighted by molar-refractivity contribution is -0.131. The van der Waals surface area contributed by atoms with Crippen molar-refractivity contribution in [1.82, 2.24) is 4.83 Å². The van der Waals surface area contributed by atoms with Gasteiger partial charge in [0.15, 0.2) is 0 Å². The second-order valence-corrected chi connectivity index (χ2v) is 5.04. The van der Waals surface area contributed by atoms with Gasteiger partial charge in [-0.1, -0.05) is 17.7 Å². The third-order valence-electron chi connectivity index (χ3n) is 1.90. The Morgan fingerprint density at radius 1 is 1.33 bits per heavy atom. The molecular formula is C11H12N2O4S. The molecule has 0 aliphatic rings. The maximum absolute atomic E-state index is 11.7. The Balaban J connectivity index is 2.71. The van der Waals surface area contributed by atoms with Crippen molar-refractivity contribution in [2.24, 2.45) is 5.10 Å². The van der Waals surface area contributed by atoms with E-state index in [1.807, 2.05) is 11.8 Å². The number of sulfonamides is 1. The highest BCUT2D eigenvalue weighted by atomic mass is 32.2. The quantitative estimate of drug-likeness (QED) is 0.471. The molecule has 0 saturated carbocycles. The van der Waals surface area contributed by atoms with Crippen molar-refractivity contribution in [1.29, 1.82) is 0 Å². The average Bonchev–Trinajstić information content (AvgIpc) is 2.28. The van der Waals surface area contributed by atoms with Crippen LogP contribution < -0.4 is 4.83 Å². The van der Waals surface area contributed by atoms with E-state index in [4.69, 9.17) is 5.11 Å². The van der Waals surface area contributed by atoms with Crippen LogP contribution in [-0.4, -0.2) is 25.7 Å². The van der Waals surface area contributed by atoms with Crippen LogP contribution in [0.1, 0.15) is 5.56 Å². The number of allylic oxidation sites excluding steroid dienone is 1. The van der Waals surface area contributed by atoms with Crippen LogP contribution in [0.4, 0.5) is 0 Å². The van der Waals surface area contributed by atoms with Crippen LogP contribution in [0, 0.1) is 6.92 Å². The van der Waals surface area contributed by atoms with Crippen LogP contribution in [0.15, 0.2) is 46.4 Å². The van der Waals surface area contributed by atoms with Crippen LogP contribution in [0.2, 0.25) is 0 Å². The first-order valence-corrected chi connectivity index (χ1v) is 6.41. The molecule has 1 aromatic rings. The van der Waals surface area contributed by atoms with Gasteiger partial charge in [0.2, 0.25) is 0 Å². The number of carbonyl (C=O) groups is 1. The molecule has 6 nitrogen and oxygen atoms in total. The second-order valence-electron chi connectivity index (χ2n) is 3.38. The summed E-state index contributed by atoms with van der Waals surface area (Å²) < 4.78 is 23.4. The van der Waals surface area contributed by atoms with E-state index in [-0.39, 0.29) is 4.90 Å². The summed E-state index contributed by atoms with van der Waals surface area (Å²) in [6.07, 6.45) is 2.99. The topological polar surface area (TPSA) is 95.8 Å². The summed E-state index contributed by atoms with van der Waals surface area (Å²) in [6.45, 7) is 1.85. The van der Waals surface area contributed by atoms with Gasteiger partial charge in [0, 0.05) is 12.3 Å². The van der Waals surface area contributed by atoms with Crippen molar-refractivity contribution in [3.63, 3.8) is 0 Å². The van der Waals surface area contributed by atoms with Crippen molar-refractivity contribution >= 4 is 22.2 Å². The smallest absolute Gasteiger partial charge is 0.328 e. The third-order valence-corrected chi connectivity index (χ3v) is 3.14. The number of carboxylic acid groups (broad SMARTS) is 1. The minimum atomic E-state index is -3.71. The van der Waals surface area contributed by atoms with Gasteiger partial charge in [-0.05, 0) is 25.1 Å². The third kappa shape index (κ3) is 4.38. The standard InChI is InChI=1S/C11H12N2O4S/c1-9-4-6-10(7-5-9)18(16,17)13-12-8-2-3-11(14)15/h2-8,13H,1H3,(H,14,15)/b3-2-,12-8+. The Morgan fingerprint density at radius 2 is 1.94 bits per heavy atom. The van der Waals surface area contributed by atoms with Crippen molar-refractivity contribution in [3.05, 3.63) is 42.0 Å². The zero-order valence-corrected chi connectivity index (χ0v) is 10.4. The number of aliphatic carboxylic acids is 1. The molecule has 1 rings (SSSR count). The molecule has 0 fully saturated rings. The minimum Gasteiger partial charge on any atom is -0.478 e. The fourth-order valence-electron chi connectivity index (χ4n) is 1.04. The fourth-order valence-corrected chi connectivity index (χ4v) is 1.84. The highest BCUT2D eigenvalue weighted by molar-refractivity contribution is 7.89. The van der Waals surface area contributed by atoms with Crippen molar-refractivity contribution in [2.75, 3.05) is 0 Å². The minimum absolute atomic E-state index is 0.0902. The summed E-state index contributed by atoms with van der Waals surface area (Å²) in [6, 6.07) is 6.26. The number of nitrogens with one attached hydrogen (secondary N) is 1. The Labute approximate surface area is 105 Å². The molecule has 2 N–H and O–H groups in total. The summed E-state index contributed by atoms with van der Waals surface area (Å²) in [5, 5.41) is 11.7. The molecule has 0 aliphatic heterocycles. The molecule has 0 amide bonds. The highest BCUT2D eigenvalue weighted by Gasteiger charge is 2.11. The highest BCUT2D eigenvalue weighted by Crippen LogP contribution is 2.09. The molecule has 0 radical (unpaired) electrons. The molecule has 0 bridgehead atoms. The van der Waals surface area contributed by atoms with Crippen LogP contribution >= 0.6 is 0 Å². The molecule has 0 spiro atoms. The lowest BCUT2D eigenvalue weighted by Gasteiger charge is -2.02. The van der Waals surface area contributed by atoms with Gasteiger partial charge in [-0.15, -0.1) is 0 Å². The zero-order valence-electron chi connectivity index (χ0n) is 9.57. The summed E-state index contributed by atoms with van der Waals surface area (Å²) in [5.74, 6) is -1.14. The molecule has 7 heteroatoms. The van der Waals surface area contributed by atoms with Gasteiger partial charge < -0.3 is 5.11 Å². The lowest BCUT2D eigenvalue weighted by atomic mass is 10.2. The molecule has 0 saturated heterocycles. The largest absolute Gasteiger partial charge is 0.478 e. The Kier molecular flexibility index (Phi) is 4.61. The predicted molar refractivity (Wildman–Crippen MR) is 66.8 cm³/mol. The van der Waals surface area contributed by atoms with Gasteiger partial charge >= 0.3 is 5.97 Å². The first kappa shape index (κ1) is 13.9. The first-order chi connectivity index (χ1) is 8.42. The van der Waals surface area contributed by atoms with E-state index in [1.165, 1.54) is 12.1 Å². The second kappa shape index (κ2) is 5.97. The van der Waals surface area contributed by atoms with Gasteiger partial charge in [0.25, 0.3) is 10.0 Å². The predicted octanol–water partition coefficient (Wildman–Crippen LogP) is 0.900. The lowest BCUT2D eigenvalue weighted by Crippen LogP contribution is -2.18. The van der Waals surface area contributed by atoms with Crippen LogP contribution in [0.3, 0.4) is 0 Å². The number of hydrazone groups is 1. The van der Waals surface area contributed by atoms with Crippen LogP contribution in [0.5, 0.6) is 0 Å². The number of rotatable bonds is 5. The zero-order chi connectivity index (χ0) is 13.6. The first-order valence-electron chi connectivity index (χ1n) is 4.93. The van der Waals surface area contributed by atoms with E-state index in [1.54, 1.807) is 12.1 Å². The summed E-state index contributed by atoms with van der Waals surface area (Å²) in [4.78, 5) is 12.2. The van der Waals surface area contributed by atoms with E-state index >= 15 is 0 Å². The molecule has 1 aromatic carbocycles. The molecule has 0 unspecified atom stereocenters. The fraction of sp³-hybridized carbons (Fsp3) is 0.0909. The summed E-state index contributed by atoms with van der Waals surface area (Å²) in [5.41, 5.74) is 0.946. The molecule has 0 aliphatic carbocycles. The van der Waals surface area contributed by atoms with Crippen LogP contribution in [0.25, 0.3) is 0 Å². The summed E-state index contributed by atoms with van der Waals surface area (Å²) >= 11 is 0. The maximum atomic E-state index is 11.7. The van der Waals surface area contributed by atoms with Gasteiger partial charge in [0.1, 0.15) is 0 Å². The molecule has 0 aromatic heterocycles. The number of carboxylic acids is 1. The van der Waals surface area contributed by atoms with E-state index in [2.05, 4.69) is 5.10 Å². The molecule has 96 valence electrons. The van der Waals surface area contributed by atoms with Crippen molar-refractivity contribution in [3.8, 4) is 0 Å². The van der Waals surface area contributed by atoms with E-state index in [9.17, 15) is 13.2 Å². The molecule has 0 atom stereocenters. The number of hydrogen-bond acceptors (Lipinski definition) is 4. The van der Waals surface area contributed by atoms with Crippen molar-refractivity contribution in [2.45, 2.75) is 11.8 Å². The van der Waals surface area contributed by atoms with Gasteiger partial charge in [-0.2, -0.15) is 13.5 Å². The summed E-state index contributed by atoms with van der Waals surface area (Å²) in [7, 11) is -3.71. The Hall–Kier alpha value is -2.15. The normalized spacial score (nSPS) is 12.1. The number of benzene rings is 1. The van der Waals surface area contributed by atoms with E-state index in [0.717, 1.165) is 23.9 Å². The van der Waals surface area contributed by atoms with Crippen LogP contribution in [-0.2, 0) is 14.8 Å². The number of hydrogen-bond donors (Lipinski definition) is 2. The maximum Gasteiger partial charge on any atom is 0.328 e. The average molecular weight is 268 g/mol. The Morgan fingerprint density at radius 3 is 2.50 bits per heavy atom. The van der Waals surface area contributed by atoms with E-state index < -0.39 is 16.0 Å². The number of nitrogens with zero attached hydrogens (tertiary/aromatic N) is 1. The van der Waals surface area contributed by atoms with Gasteiger partial charge in [-0.25, -0.2) is 9.63 Å². The molecule has 18 heavy (non-hydrogen) atoms. The SMILES string of the molecule is Cc1ccc(S(=O)(=O)N/N=C/C=C\C(=O)O)cc1. The molecular weight excluding hydrogens is 256 g/mol. The van der Waals surface area contributed by atoms with Gasteiger partial charge in [-0.3, -0.25) is 0 Å². The Bertz CT molecular complexity index is 574. The van der Waals surface area contributed by atoms with E-state index in [0.29, 0.717) is 0 Å². The monoisotopic (exact) mass is 268 g/mol. The number of aryl methyl sites for hydroxylation is 1. The van der Waals surface area contributed by atoms with Gasteiger partial charge in [0.05, 0.1) is 4.90 Å². The van der Waals surface area contributed by atoms with Crippen molar-refractivity contribution < 1.29 is 18.3 Å².